The smallest absolute Gasteiger partial charge is 0.549 e. The molecule has 52 heteroatoms. The van der Waals surface area contributed by atoms with Gasteiger partial charge in [0.2, 0.25) is 0 Å². The van der Waals surface area contributed by atoms with Crippen LogP contribution in [0.25, 0.3) is 0 Å². The summed E-state index contributed by atoms with van der Waals surface area (Å²) in [4.78, 5) is 194. The Labute approximate surface area is 613 Å². The average Bonchev–Trinajstić information content (AvgIpc) is 1.73. The van der Waals surface area contributed by atoms with Gasteiger partial charge in [-0.15, -0.1) is 30.6 Å². The van der Waals surface area contributed by atoms with Crippen molar-refractivity contribution >= 4 is 95.4 Å². The van der Waals surface area contributed by atoms with E-state index in [4.69, 9.17) is 47.9 Å². The number of Topliss-reactive ketones (excluding diaryl/α,β-unsaturated/α-hetero) is 2. The Morgan fingerprint density at radius 1 is 0.447 bits per heavy atom. The van der Waals surface area contributed by atoms with Gasteiger partial charge in [0.15, 0.2) is 45.7 Å². The number of nitrogens with zero attached hydrogens (tertiary/aromatic N) is 12. The van der Waals surface area contributed by atoms with Gasteiger partial charge < -0.3 is 65.3 Å². The first-order chi connectivity index (χ1) is 43.0. The molecule has 20 N–H and O–H groups in total. The van der Waals surface area contributed by atoms with Crippen molar-refractivity contribution < 1.29 is 226 Å². The molecular formula is C42H61Gd2N25NaO24+3. The van der Waals surface area contributed by atoms with Crippen LogP contribution in [0.3, 0.4) is 0 Å². The number of ketones is 2. The number of aromatic amines is 3. The molecule has 0 spiro atoms. The van der Waals surface area contributed by atoms with Gasteiger partial charge in [-0.25, -0.2) is 23.4 Å². The number of hydrogen-bond acceptors (Lipinski definition) is 37. The van der Waals surface area contributed by atoms with Crippen molar-refractivity contribution in [2.75, 3.05) is 125 Å². The summed E-state index contributed by atoms with van der Waals surface area (Å²) in [6, 6.07) is 0. The number of aliphatic carboxylic acids is 6. The molecule has 3 heterocycles. The number of hydrazine groups is 4. The Morgan fingerprint density at radius 3 is 0.936 bits per heavy atom. The molecule has 0 saturated carbocycles. The Balaban J connectivity index is -0.000000681. The molecule has 0 aliphatic carbocycles. The monoisotopic (exact) mass is 1640 g/mol. The summed E-state index contributed by atoms with van der Waals surface area (Å²) in [5.41, 5.74) is 5.11. The molecule has 3 aromatic rings. The van der Waals surface area contributed by atoms with Crippen LogP contribution in [0, 0.1) is 86.9 Å². The summed E-state index contributed by atoms with van der Waals surface area (Å²) in [5, 5.41) is 91.2. The van der Waals surface area contributed by atoms with Crippen LogP contribution in [-0.4, -0.2) is 311 Å². The molecule has 0 fully saturated rings. The fourth-order valence-electron chi connectivity index (χ4n) is 6.65. The number of carbonyl (C=O) groups is 15. The second kappa shape index (κ2) is 52.8. The Kier molecular flexibility index (Phi) is 52.2. The number of rotatable bonds is 41. The van der Waals surface area contributed by atoms with Crippen LogP contribution in [-0.2, 0) is 57.5 Å². The fraction of sp³-hybridized carbons (Fsp3) is 0.452. The van der Waals surface area contributed by atoms with E-state index >= 15 is 0 Å². The number of aromatic nitrogens is 9. The van der Waals surface area contributed by atoms with Crippen molar-refractivity contribution in [3.05, 3.63) is 41.2 Å². The first-order valence-corrected chi connectivity index (χ1v) is 24.8. The predicted molar refractivity (Wildman–Crippen MR) is 280 cm³/mol. The number of H-pyrrole nitrogens is 3. The summed E-state index contributed by atoms with van der Waals surface area (Å²) in [6.07, 6.45) is 0.250. The van der Waals surface area contributed by atoms with Gasteiger partial charge in [0, 0.05) is 58.9 Å². The minimum absolute atomic E-state index is 0. The number of ether oxygens (including phenoxy) is 1. The van der Waals surface area contributed by atoms with Crippen molar-refractivity contribution in [1.29, 1.82) is 0 Å². The molecule has 0 atom stereocenters. The molecule has 0 aliphatic rings. The SMILES string of the molecule is NNC(=O)c1n[nH]nc1C(=O)NCC(=O)CN(CCN(CCN(CC(=O)O)CC(=O)O)COC=O)CC(=O)O.NNC(=O)c1n[nH]nc1C(=O)NN.O=C=O.[CH2-]N(CCN(CC(=O)[O-])CC(=O)[O-])CCN(CC(=O)[O-])CC(=O)CNC(=O)c1n[nH]nc1C(=O)NN.[Gd+3].[Gd+3].[Na+]. The van der Waals surface area contributed by atoms with Crippen molar-refractivity contribution in [3.63, 3.8) is 0 Å². The first kappa shape index (κ1) is 92.9. The third-order valence-corrected chi connectivity index (χ3v) is 10.5. The van der Waals surface area contributed by atoms with Crippen LogP contribution in [0.1, 0.15) is 62.9 Å². The number of nitrogens with two attached hydrogens (primary N) is 4. The Hall–Kier alpha value is -7.50. The van der Waals surface area contributed by atoms with Gasteiger partial charge in [-0.3, -0.25) is 111 Å². The van der Waals surface area contributed by atoms with E-state index in [1.165, 1.54) is 19.6 Å². The third kappa shape index (κ3) is 40.6. The maximum Gasteiger partial charge on any atom is 3.00 e. The van der Waals surface area contributed by atoms with E-state index in [2.05, 4.69) is 63.9 Å². The van der Waals surface area contributed by atoms with E-state index in [-0.39, 0.29) is 193 Å². The van der Waals surface area contributed by atoms with E-state index in [0.717, 1.165) is 9.80 Å². The summed E-state index contributed by atoms with van der Waals surface area (Å²) < 4.78 is 4.71. The van der Waals surface area contributed by atoms with Crippen LogP contribution in [0.5, 0.6) is 0 Å². The number of carboxylic acid groups (broad SMARTS) is 6. The van der Waals surface area contributed by atoms with Gasteiger partial charge in [0.1, 0.15) is 6.73 Å². The second-order valence-electron chi connectivity index (χ2n) is 17.3. The van der Waals surface area contributed by atoms with Gasteiger partial charge in [-0.05, 0) is 13.1 Å². The summed E-state index contributed by atoms with van der Waals surface area (Å²) in [7, 11) is 3.71. The molecule has 3 rings (SSSR count). The third-order valence-electron chi connectivity index (χ3n) is 10.5. The molecular weight excluding hydrogens is 1580 g/mol. The molecule has 0 aliphatic heterocycles. The van der Waals surface area contributed by atoms with Crippen LogP contribution < -0.4 is 101 Å². The Bertz CT molecular complexity index is 2940. The van der Waals surface area contributed by atoms with E-state index < -0.39 is 171 Å². The van der Waals surface area contributed by atoms with E-state index in [0.29, 0.717) is 0 Å². The molecule has 0 aromatic carbocycles. The zero-order valence-electron chi connectivity index (χ0n) is 49.0. The summed E-state index contributed by atoms with van der Waals surface area (Å²) in [6.45, 7) is -5.22. The number of amides is 6. The van der Waals surface area contributed by atoms with Crippen LogP contribution in [0.4, 0.5) is 0 Å². The predicted octanol–water partition coefficient (Wildman–Crippen LogP) is -19.9. The van der Waals surface area contributed by atoms with Gasteiger partial charge in [-0.1, -0.05) is 0 Å². The molecule has 0 unspecified atom stereocenters. The molecule has 0 saturated heterocycles. The topological polar surface area (TPSA) is 750 Å². The molecule has 49 nitrogen and oxygen atoms in total. The summed E-state index contributed by atoms with van der Waals surface area (Å²) in [5.74, 6) is 5.26. The number of nitrogens with one attached hydrogen (secondary N) is 9. The number of nitrogen functional groups attached to an aromatic ring is 4. The molecule has 3 aromatic heterocycles. The second-order valence-corrected chi connectivity index (χ2v) is 17.3. The van der Waals surface area contributed by atoms with Crippen molar-refractivity contribution in [2.24, 2.45) is 23.4 Å². The van der Waals surface area contributed by atoms with Gasteiger partial charge >= 0.3 is 133 Å². The minimum atomic E-state index is -1.47. The van der Waals surface area contributed by atoms with Crippen molar-refractivity contribution in [2.45, 2.75) is 0 Å². The van der Waals surface area contributed by atoms with Crippen LogP contribution in [0.15, 0.2) is 0 Å². The van der Waals surface area contributed by atoms with Crippen molar-refractivity contribution in [1.82, 2.24) is 108 Å². The Morgan fingerprint density at radius 2 is 0.681 bits per heavy atom. The summed E-state index contributed by atoms with van der Waals surface area (Å²) >= 11 is 0. The number of hydrogen-bond donors (Lipinski definition) is 16. The van der Waals surface area contributed by atoms with E-state index in [1.807, 2.05) is 0 Å². The molecule has 0 bridgehead atoms. The standard InChI is InChI=1S/C19H29N9O11.C18H28N9O9.C4H7N7O2.CO2.2Gd.Na/c20-22-19(38)17-16(23-25-24-17)18(37)21-5-12(30)6-27(7-13(31)32)3-1-26(10-39-11-29)2-4-28(8-14(33)34)9-15(35)36;1-25(3-5-27(9-13(31)32)10-14(33)34)2-4-26(8-12(29)30)7-11(28)6-20-17(35)15-16(18(36)21-19)23-24-22-15;5-7-3(12)1-2(4(13)8-6)10-11-9-1;2-1-3;;;/h11H,1-10,20H2,(H,21,37)(H,22,38)(H,31,32)(H,33,34)(H,35,36)(H,23,24,25);1-10,19H2,(H,20,35)(H,21,36)(H,29,30)(H,31,32)(H,33,34)(H,22,23,24);5-6H2,(H,7,12)(H,8,13)(H,9,10,11);;;;/q;-1;;;2*+3;+1/p-3. The zero-order chi connectivity index (χ0) is 69.2. The quantitative estimate of drug-likeness (QED) is 0.00477. The van der Waals surface area contributed by atoms with Crippen LogP contribution in [0.2, 0.25) is 0 Å². The van der Waals surface area contributed by atoms with Crippen LogP contribution >= 0.6 is 0 Å². The van der Waals surface area contributed by atoms with E-state index in [9.17, 15) is 92.3 Å². The average molecular weight is 1640 g/mol. The molecule has 512 valence electrons. The minimum Gasteiger partial charge on any atom is -0.549 e. The van der Waals surface area contributed by atoms with Crippen molar-refractivity contribution in [3.8, 4) is 0 Å². The fourth-order valence-corrected chi connectivity index (χ4v) is 6.65. The van der Waals surface area contributed by atoms with Gasteiger partial charge in [0.25, 0.3) is 41.9 Å². The van der Waals surface area contributed by atoms with E-state index in [1.54, 1.807) is 21.7 Å². The van der Waals surface area contributed by atoms with Gasteiger partial charge in [0.05, 0.1) is 63.7 Å². The maximum absolute atomic E-state index is 12.4. The normalized spacial score (nSPS) is 10.1. The van der Waals surface area contributed by atoms with Gasteiger partial charge in [-0.2, -0.15) is 25.2 Å². The first-order valence-electron chi connectivity index (χ1n) is 24.8. The zero-order valence-corrected chi connectivity index (χ0v) is 55.6. The number of carbonyl (C=O) groups excluding carboxylic acids is 14. The molecule has 94 heavy (non-hydrogen) atoms. The number of carboxylic acids is 6. The molecule has 2 radical (unpaired) electrons. The molecule has 6 amide bonds. The largest absolute Gasteiger partial charge is 3.00 e. The maximum atomic E-state index is 12.4.